The lowest BCUT2D eigenvalue weighted by atomic mass is 9.87. The van der Waals surface area contributed by atoms with Gasteiger partial charge in [-0.25, -0.2) is 4.57 Å². The molecule has 1 aromatic carbocycles. The maximum atomic E-state index is 6.16. The molecule has 0 amide bonds. The van der Waals surface area contributed by atoms with Gasteiger partial charge in [-0.15, -0.1) is 0 Å². The summed E-state index contributed by atoms with van der Waals surface area (Å²) in [5.74, 6) is 0. The lowest BCUT2D eigenvalue weighted by Crippen LogP contribution is -2.39. The molecule has 0 saturated carbocycles. The van der Waals surface area contributed by atoms with Crippen molar-refractivity contribution in [2.24, 2.45) is 0 Å². The maximum Gasteiger partial charge on any atom is 0.332 e. The SMILES string of the molecule is CN(C)CC[n+]1c(N)sc2cc(C(C)(C)C)ccc21. The summed E-state index contributed by atoms with van der Waals surface area (Å²) in [5.41, 5.74) is 8.95. The van der Waals surface area contributed by atoms with Gasteiger partial charge < -0.3 is 4.90 Å². The first kappa shape index (κ1) is 14.3. The fourth-order valence-corrected chi connectivity index (χ4v) is 3.10. The molecule has 0 spiro atoms. The van der Waals surface area contributed by atoms with Crippen LogP contribution in [-0.4, -0.2) is 25.5 Å². The van der Waals surface area contributed by atoms with Crippen LogP contribution in [0, 0.1) is 0 Å². The van der Waals surface area contributed by atoms with E-state index in [0.717, 1.165) is 18.2 Å². The molecule has 0 radical (unpaired) electrons. The summed E-state index contributed by atoms with van der Waals surface area (Å²) in [6.07, 6.45) is 0. The second-order valence-corrected chi connectivity index (χ2v) is 7.39. The first-order valence-corrected chi connectivity index (χ1v) is 7.48. The van der Waals surface area contributed by atoms with Gasteiger partial charge in [-0.05, 0) is 48.5 Å². The topological polar surface area (TPSA) is 33.1 Å². The van der Waals surface area contributed by atoms with E-state index >= 15 is 0 Å². The number of benzene rings is 1. The Labute approximate surface area is 119 Å². The Morgan fingerprint density at radius 3 is 2.53 bits per heavy atom. The zero-order valence-electron chi connectivity index (χ0n) is 12.5. The Morgan fingerprint density at radius 1 is 1.26 bits per heavy atom. The van der Waals surface area contributed by atoms with Crippen molar-refractivity contribution in [1.82, 2.24) is 4.90 Å². The van der Waals surface area contributed by atoms with Crippen LogP contribution in [0.25, 0.3) is 10.2 Å². The zero-order chi connectivity index (χ0) is 14.2. The quantitative estimate of drug-likeness (QED) is 0.876. The Balaban J connectivity index is 2.42. The molecule has 0 fully saturated rings. The fraction of sp³-hybridized carbons (Fsp3) is 0.533. The highest BCUT2D eigenvalue weighted by Crippen LogP contribution is 2.29. The Kier molecular flexibility index (Phi) is 3.83. The standard InChI is InChI=1S/C15H23N3S/c1-15(2,3)11-6-7-12-13(10-11)19-14(16)18(12)9-8-17(4)5/h6-7,10,16H,8-9H2,1-5H3/p+1. The van der Waals surface area contributed by atoms with Crippen molar-refractivity contribution in [3.8, 4) is 0 Å². The van der Waals surface area contributed by atoms with Gasteiger partial charge in [0.1, 0.15) is 12.1 Å². The summed E-state index contributed by atoms with van der Waals surface area (Å²) in [7, 11) is 4.17. The van der Waals surface area contributed by atoms with Crippen molar-refractivity contribution in [1.29, 1.82) is 0 Å². The summed E-state index contributed by atoms with van der Waals surface area (Å²) in [6.45, 7) is 8.66. The second kappa shape index (κ2) is 5.10. The van der Waals surface area contributed by atoms with Gasteiger partial charge in [0.25, 0.3) is 0 Å². The minimum atomic E-state index is 0.182. The Bertz CT molecular complexity index is 579. The summed E-state index contributed by atoms with van der Waals surface area (Å²) in [6, 6.07) is 6.71. The molecule has 0 aliphatic heterocycles. The third kappa shape index (κ3) is 3.07. The number of likely N-dealkylation sites (N-methyl/N-ethyl adjacent to an activating group) is 1. The lowest BCUT2D eigenvalue weighted by molar-refractivity contribution is -0.652. The molecule has 0 unspecified atom stereocenters. The molecule has 4 heteroatoms. The Hall–Kier alpha value is -1.13. The van der Waals surface area contributed by atoms with Gasteiger partial charge in [0, 0.05) is 6.54 Å². The summed E-state index contributed by atoms with van der Waals surface area (Å²) < 4.78 is 3.50. The van der Waals surface area contributed by atoms with Crippen LogP contribution < -0.4 is 10.3 Å². The molecule has 2 rings (SSSR count). The monoisotopic (exact) mass is 278 g/mol. The maximum absolute atomic E-state index is 6.16. The van der Waals surface area contributed by atoms with Crippen molar-refractivity contribution in [2.45, 2.75) is 32.7 Å². The van der Waals surface area contributed by atoms with Crippen LogP contribution in [0.15, 0.2) is 18.2 Å². The summed E-state index contributed by atoms with van der Waals surface area (Å²) in [5, 5.41) is 0.892. The van der Waals surface area contributed by atoms with Crippen molar-refractivity contribution >= 4 is 26.7 Å². The molecular weight excluding hydrogens is 254 g/mol. The first-order chi connectivity index (χ1) is 8.79. The van der Waals surface area contributed by atoms with Crippen molar-refractivity contribution in [3.05, 3.63) is 23.8 Å². The molecule has 2 N–H and O–H groups in total. The summed E-state index contributed by atoms with van der Waals surface area (Å²) in [4.78, 5) is 2.18. The molecule has 0 saturated heterocycles. The van der Waals surface area contributed by atoms with E-state index in [4.69, 9.17) is 5.73 Å². The molecule has 1 aromatic heterocycles. The number of nitrogens with zero attached hydrogens (tertiary/aromatic N) is 2. The van der Waals surface area contributed by atoms with Crippen molar-refractivity contribution in [3.63, 3.8) is 0 Å². The number of aromatic nitrogens is 1. The molecule has 3 nitrogen and oxygen atoms in total. The third-order valence-corrected chi connectivity index (χ3v) is 4.34. The number of thiazole rings is 1. The van der Waals surface area contributed by atoms with E-state index in [1.807, 2.05) is 0 Å². The second-order valence-electron chi connectivity index (χ2n) is 6.33. The number of hydrogen-bond donors (Lipinski definition) is 1. The highest BCUT2D eigenvalue weighted by atomic mass is 32.1. The molecule has 0 aliphatic carbocycles. The number of rotatable bonds is 3. The molecule has 2 aromatic rings. The number of hydrogen-bond acceptors (Lipinski definition) is 3. The highest BCUT2D eigenvalue weighted by molar-refractivity contribution is 7.21. The van der Waals surface area contributed by atoms with E-state index in [9.17, 15) is 0 Å². The van der Waals surface area contributed by atoms with Crippen LogP contribution >= 0.6 is 11.3 Å². The van der Waals surface area contributed by atoms with Crippen LogP contribution in [0.3, 0.4) is 0 Å². The molecule has 0 atom stereocenters. The Morgan fingerprint density at radius 2 is 1.95 bits per heavy atom. The van der Waals surface area contributed by atoms with Crippen molar-refractivity contribution in [2.75, 3.05) is 26.4 Å². The van der Waals surface area contributed by atoms with Gasteiger partial charge in [0.2, 0.25) is 0 Å². The van der Waals surface area contributed by atoms with Crippen LogP contribution in [0.2, 0.25) is 0 Å². The van der Waals surface area contributed by atoms with E-state index < -0.39 is 0 Å². The van der Waals surface area contributed by atoms with Gasteiger partial charge in [-0.3, -0.25) is 5.73 Å². The van der Waals surface area contributed by atoms with E-state index in [1.54, 1.807) is 11.3 Å². The predicted molar refractivity (Wildman–Crippen MR) is 83.7 cm³/mol. The van der Waals surface area contributed by atoms with E-state index in [1.165, 1.54) is 15.8 Å². The molecule has 0 aliphatic rings. The normalized spacial score (nSPS) is 12.5. The molecular formula is C15H24N3S+. The smallest absolute Gasteiger partial charge is 0.305 e. The van der Waals surface area contributed by atoms with Gasteiger partial charge >= 0.3 is 5.13 Å². The van der Waals surface area contributed by atoms with Crippen LogP contribution in [-0.2, 0) is 12.0 Å². The van der Waals surface area contributed by atoms with Gasteiger partial charge in [0.15, 0.2) is 0 Å². The van der Waals surface area contributed by atoms with Gasteiger partial charge in [-0.1, -0.05) is 26.8 Å². The number of anilines is 1. The fourth-order valence-electron chi connectivity index (χ4n) is 2.10. The highest BCUT2D eigenvalue weighted by Gasteiger charge is 2.19. The molecule has 104 valence electrons. The van der Waals surface area contributed by atoms with Crippen molar-refractivity contribution < 1.29 is 4.57 Å². The van der Waals surface area contributed by atoms with Crippen LogP contribution in [0.4, 0.5) is 5.13 Å². The third-order valence-electron chi connectivity index (χ3n) is 3.37. The average Bonchev–Trinajstić information content (AvgIpc) is 2.59. The number of nitrogens with two attached hydrogens (primary N) is 1. The van der Waals surface area contributed by atoms with E-state index in [-0.39, 0.29) is 5.41 Å². The molecule has 19 heavy (non-hydrogen) atoms. The number of nitrogen functional groups attached to an aromatic ring is 1. The predicted octanol–water partition coefficient (Wildman–Crippen LogP) is 2.63. The van der Waals surface area contributed by atoms with E-state index in [0.29, 0.717) is 0 Å². The first-order valence-electron chi connectivity index (χ1n) is 6.66. The lowest BCUT2D eigenvalue weighted by Gasteiger charge is -2.18. The molecule has 0 bridgehead atoms. The van der Waals surface area contributed by atoms with Crippen LogP contribution in [0.1, 0.15) is 26.3 Å². The number of fused-ring (bicyclic) bond motifs is 1. The minimum absolute atomic E-state index is 0.182. The van der Waals surface area contributed by atoms with E-state index in [2.05, 4.69) is 62.5 Å². The van der Waals surface area contributed by atoms with Crippen LogP contribution in [0.5, 0.6) is 0 Å². The average molecular weight is 278 g/mol. The van der Waals surface area contributed by atoms with Gasteiger partial charge in [-0.2, -0.15) is 0 Å². The molecule has 1 heterocycles. The largest absolute Gasteiger partial charge is 0.332 e. The summed E-state index contributed by atoms with van der Waals surface area (Å²) >= 11 is 1.68. The zero-order valence-corrected chi connectivity index (χ0v) is 13.3. The minimum Gasteiger partial charge on any atom is -0.305 e. The van der Waals surface area contributed by atoms with Gasteiger partial charge in [0.05, 0.1) is 4.70 Å².